The van der Waals surface area contributed by atoms with Crippen molar-refractivity contribution in [2.45, 2.75) is 13.0 Å². The number of nitrogens with one attached hydrogen (secondary N) is 1. The van der Waals surface area contributed by atoms with E-state index in [1.165, 1.54) is 5.56 Å². The van der Waals surface area contributed by atoms with E-state index in [0.717, 1.165) is 18.7 Å². The van der Waals surface area contributed by atoms with Gasteiger partial charge in [-0.25, -0.2) is 0 Å². The Morgan fingerprint density at radius 3 is 2.83 bits per heavy atom. The molecule has 2 heterocycles. The second-order valence-corrected chi connectivity index (χ2v) is 4.40. The van der Waals surface area contributed by atoms with E-state index in [1.54, 1.807) is 0 Å². The third-order valence-electron chi connectivity index (χ3n) is 2.97. The van der Waals surface area contributed by atoms with Crippen LogP contribution in [-0.2, 0) is 4.74 Å². The maximum Gasteiger partial charge on any atom is 0.246 e. The van der Waals surface area contributed by atoms with Crippen molar-refractivity contribution in [2.75, 3.05) is 19.8 Å². The normalized spacial score (nSPS) is 19.9. The number of hydrogen-bond donors (Lipinski definition) is 1. The van der Waals surface area contributed by atoms with Gasteiger partial charge in [-0.3, -0.25) is 0 Å². The number of hydrogen-bond acceptors (Lipinski definition) is 5. The lowest BCUT2D eigenvalue weighted by Gasteiger charge is -2.20. The average Bonchev–Trinajstić information content (AvgIpc) is 2.90. The number of ether oxygens (including phenoxy) is 1. The van der Waals surface area contributed by atoms with E-state index < -0.39 is 0 Å². The molecule has 1 aliphatic heterocycles. The van der Waals surface area contributed by atoms with Crippen LogP contribution in [0.4, 0.5) is 0 Å². The Hall–Kier alpha value is -1.72. The van der Waals surface area contributed by atoms with E-state index in [9.17, 15) is 0 Å². The van der Waals surface area contributed by atoms with Crippen LogP contribution >= 0.6 is 0 Å². The topological polar surface area (TPSA) is 60.2 Å². The molecule has 1 saturated heterocycles. The van der Waals surface area contributed by atoms with Crippen LogP contribution in [0, 0.1) is 6.92 Å². The maximum absolute atomic E-state index is 5.38. The second kappa shape index (κ2) is 4.88. The van der Waals surface area contributed by atoms with Crippen LogP contribution in [0.15, 0.2) is 28.8 Å². The smallest absolute Gasteiger partial charge is 0.246 e. The molecule has 3 rings (SSSR count). The van der Waals surface area contributed by atoms with Crippen LogP contribution < -0.4 is 5.32 Å². The number of aryl methyl sites for hydroxylation is 1. The molecule has 1 N–H and O–H groups in total. The summed E-state index contributed by atoms with van der Waals surface area (Å²) in [5, 5.41) is 7.30. The number of rotatable bonds is 2. The van der Waals surface area contributed by atoms with Crippen molar-refractivity contribution in [3.05, 3.63) is 35.7 Å². The Morgan fingerprint density at radius 1 is 1.28 bits per heavy atom. The summed E-state index contributed by atoms with van der Waals surface area (Å²) in [5.41, 5.74) is 2.18. The van der Waals surface area contributed by atoms with Crippen LogP contribution in [0.5, 0.6) is 0 Å². The molecule has 5 heteroatoms. The lowest BCUT2D eigenvalue weighted by Crippen LogP contribution is -2.34. The molecule has 1 aromatic carbocycles. The summed E-state index contributed by atoms with van der Waals surface area (Å²) < 4.78 is 10.7. The maximum atomic E-state index is 5.38. The van der Waals surface area contributed by atoms with E-state index in [0.29, 0.717) is 18.3 Å². The average molecular weight is 245 g/mol. The summed E-state index contributed by atoms with van der Waals surface area (Å²) in [5.74, 6) is 1.21. The monoisotopic (exact) mass is 245 g/mol. The van der Waals surface area contributed by atoms with Crippen molar-refractivity contribution in [1.82, 2.24) is 15.5 Å². The third kappa shape index (κ3) is 2.27. The quantitative estimate of drug-likeness (QED) is 0.872. The zero-order chi connectivity index (χ0) is 12.4. The van der Waals surface area contributed by atoms with Crippen molar-refractivity contribution in [1.29, 1.82) is 0 Å². The van der Waals surface area contributed by atoms with Gasteiger partial charge in [0.1, 0.15) is 6.04 Å². The van der Waals surface area contributed by atoms with Gasteiger partial charge in [-0.05, 0) is 6.92 Å². The number of morpholine rings is 1. The second-order valence-electron chi connectivity index (χ2n) is 4.40. The third-order valence-corrected chi connectivity index (χ3v) is 2.97. The van der Waals surface area contributed by atoms with E-state index in [2.05, 4.69) is 22.4 Å². The van der Waals surface area contributed by atoms with Gasteiger partial charge >= 0.3 is 0 Å². The first kappa shape index (κ1) is 11.4. The Balaban J connectivity index is 1.82. The molecule has 1 atom stereocenters. The molecule has 5 nitrogen and oxygen atoms in total. The van der Waals surface area contributed by atoms with Crippen LogP contribution in [0.2, 0.25) is 0 Å². The lowest BCUT2D eigenvalue weighted by molar-refractivity contribution is 0.0659. The van der Waals surface area contributed by atoms with Gasteiger partial charge in [0.25, 0.3) is 0 Å². The first-order chi connectivity index (χ1) is 8.83. The fraction of sp³-hybridized carbons (Fsp3) is 0.385. The van der Waals surface area contributed by atoms with Gasteiger partial charge < -0.3 is 14.6 Å². The minimum absolute atomic E-state index is 0.00504. The molecule has 0 aliphatic carbocycles. The molecule has 1 aliphatic rings. The molecular formula is C13H15N3O2. The molecule has 0 amide bonds. The van der Waals surface area contributed by atoms with E-state index >= 15 is 0 Å². The first-order valence-electron chi connectivity index (χ1n) is 6.05. The predicted molar refractivity (Wildman–Crippen MR) is 66.0 cm³/mol. The fourth-order valence-electron chi connectivity index (χ4n) is 1.92. The minimum Gasteiger partial charge on any atom is -0.378 e. The largest absolute Gasteiger partial charge is 0.378 e. The van der Waals surface area contributed by atoms with Crippen molar-refractivity contribution in [3.63, 3.8) is 0 Å². The molecule has 0 saturated carbocycles. The summed E-state index contributed by atoms with van der Waals surface area (Å²) in [6, 6.07) is 8.06. The zero-order valence-electron chi connectivity index (χ0n) is 10.2. The van der Waals surface area contributed by atoms with Crippen LogP contribution in [0.25, 0.3) is 11.4 Å². The van der Waals surface area contributed by atoms with Gasteiger partial charge in [-0.2, -0.15) is 4.98 Å². The zero-order valence-corrected chi connectivity index (χ0v) is 10.2. The Morgan fingerprint density at radius 2 is 2.11 bits per heavy atom. The van der Waals surface area contributed by atoms with Crippen molar-refractivity contribution >= 4 is 0 Å². The molecule has 18 heavy (non-hydrogen) atoms. The summed E-state index contributed by atoms with van der Waals surface area (Å²) >= 11 is 0. The molecule has 2 aromatic rings. The van der Waals surface area contributed by atoms with Crippen LogP contribution in [0.3, 0.4) is 0 Å². The highest BCUT2D eigenvalue weighted by molar-refractivity contribution is 5.54. The van der Waals surface area contributed by atoms with Crippen molar-refractivity contribution in [2.24, 2.45) is 0 Å². The number of nitrogens with zero attached hydrogens (tertiary/aromatic N) is 2. The Kier molecular flexibility index (Phi) is 3.08. The van der Waals surface area contributed by atoms with Gasteiger partial charge in [0, 0.05) is 12.1 Å². The summed E-state index contributed by atoms with van der Waals surface area (Å²) in [6.07, 6.45) is 0. The molecule has 0 radical (unpaired) electrons. The fourth-order valence-corrected chi connectivity index (χ4v) is 1.92. The standard InChI is InChI=1S/C13H15N3O2/c1-9-2-4-10(5-3-9)12-15-13(18-16-12)11-8-17-7-6-14-11/h2-5,11,14H,6-8H2,1H3. The van der Waals surface area contributed by atoms with Gasteiger partial charge in [-0.1, -0.05) is 35.0 Å². The lowest BCUT2D eigenvalue weighted by atomic mass is 10.1. The number of aromatic nitrogens is 2. The highest BCUT2D eigenvalue weighted by Gasteiger charge is 2.21. The van der Waals surface area contributed by atoms with E-state index in [4.69, 9.17) is 9.26 Å². The molecule has 1 aromatic heterocycles. The summed E-state index contributed by atoms with van der Waals surface area (Å²) in [4.78, 5) is 4.41. The Labute approximate surface area is 105 Å². The van der Waals surface area contributed by atoms with E-state index in [-0.39, 0.29) is 6.04 Å². The predicted octanol–water partition coefficient (Wildman–Crippen LogP) is 1.71. The van der Waals surface area contributed by atoms with Gasteiger partial charge in [-0.15, -0.1) is 0 Å². The van der Waals surface area contributed by atoms with Gasteiger partial charge in [0.05, 0.1) is 13.2 Å². The number of benzene rings is 1. The highest BCUT2D eigenvalue weighted by atomic mass is 16.5. The van der Waals surface area contributed by atoms with Gasteiger partial charge in [0.2, 0.25) is 11.7 Å². The van der Waals surface area contributed by atoms with E-state index in [1.807, 2.05) is 24.3 Å². The minimum atomic E-state index is 0.00504. The molecule has 1 unspecified atom stereocenters. The first-order valence-corrected chi connectivity index (χ1v) is 6.05. The summed E-state index contributed by atoms with van der Waals surface area (Å²) in [7, 11) is 0. The van der Waals surface area contributed by atoms with Crippen molar-refractivity contribution in [3.8, 4) is 11.4 Å². The highest BCUT2D eigenvalue weighted by Crippen LogP contribution is 2.20. The van der Waals surface area contributed by atoms with Crippen LogP contribution in [0.1, 0.15) is 17.5 Å². The molecule has 0 spiro atoms. The molecular weight excluding hydrogens is 230 g/mol. The molecule has 1 fully saturated rings. The van der Waals surface area contributed by atoms with Crippen molar-refractivity contribution < 1.29 is 9.26 Å². The molecule has 94 valence electrons. The summed E-state index contributed by atoms with van der Waals surface area (Å²) in [6.45, 7) is 4.17. The SMILES string of the molecule is Cc1ccc(-c2noc(C3COCCN3)n2)cc1. The molecule has 0 bridgehead atoms. The Bertz CT molecular complexity index is 515. The van der Waals surface area contributed by atoms with Gasteiger partial charge in [0.15, 0.2) is 0 Å². The van der Waals surface area contributed by atoms with Crippen LogP contribution in [-0.4, -0.2) is 29.9 Å².